The normalized spacial score (nSPS) is 12.4. The molecule has 0 spiro atoms. The van der Waals surface area contributed by atoms with E-state index in [1.807, 2.05) is 20.0 Å². The second-order valence-electron chi connectivity index (χ2n) is 3.83. The zero-order chi connectivity index (χ0) is 12.7. The molecule has 1 aromatic heterocycles. The van der Waals surface area contributed by atoms with Crippen LogP contribution in [-0.4, -0.2) is 42.0 Å². The number of methoxy groups -OCH3 is 1. The zero-order valence-corrected chi connectivity index (χ0v) is 10.6. The third kappa shape index (κ3) is 4.54. The largest absolute Gasteiger partial charge is 0.383 e. The molecule has 0 aliphatic carbocycles. The lowest BCUT2D eigenvalue weighted by molar-refractivity contribution is -0.123. The second kappa shape index (κ2) is 7.03. The number of aryl methyl sites for hydroxylation is 1. The minimum absolute atomic E-state index is 0.0239. The Balaban J connectivity index is 2.27. The number of ether oxygens (including phenoxy) is 1. The first-order chi connectivity index (χ1) is 8.15. The van der Waals surface area contributed by atoms with E-state index in [4.69, 9.17) is 4.74 Å². The van der Waals surface area contributed by atoms with E-state index in [1.165, 1.54) is 0 Å². The summed E-state index contributed by atoms with van der Waals surface area (Å²) in [6.07, 6.45) is 1.74. The van der Waals surface area contributed by atoms with Gasteiger partial charge in [-0.3, -0.25) is 9.48 Å². The molecule has 0 saturated carbocycles. The summed E-state index contributed by atoms with van der Waals surface area (Å²) in [6.45, 7) is 3.52. The topological polar surface area (TPSA) is 68.2 Å². The van der Waals surface area contributed by atoms with Gasteiger partial charge in [0.25, 0.3) is 0 Å². The zero-order valence-electron chi connectivity index (χ0n) is 10.6. The van der Waals surface area contributed by atoms with Crippen LogP contribution in [0.5, 0.6) is 0 Å². The Morgan fingerprint density at radius 1 is 1.65 bits per heavy atom. The molecule has 0 bridgehead atoms. The average molecular weight is 240 g/mol. The van der Waals surface area contributed by atoms with Gasteiger partial charge in [0.15, 0.2) is 0 Å². The van der Waals surface area contributed by atoms with Crippen LogP contribution >= 0.6 is 0 Å². The van der Waals surface area contributed by atoms with Crippen LogP contribution in [0, 0.1) is 0 Å². The van der Waals surface area contributed by atoms with Gasteiger partial charge in [-0.1, -0.05) is 0 Å². The predicted octanol–water partition coefficient (Wildman–Crippen LogP) is -0.339. The number of nitrogens with one attached hydrogen (secondary N) is 2. The van der Waals surface area contributed by atoms with E-state index in [2.05, 4.69) is 15.7 Å². The van der Waals surface area contributed by atoms with Crippen molar-refractivity contribution < 1.29 is 9.53 Å². The van der Waals surface area contributed by atoms with Gasteiger partial charge < -0.3 is 15.4 Å². The van der Waals surface area contributed by atoms with E-state index in [0.29, 0.717) is 19.7 Å². The number of hydrogen-bond donors (Lipinski definition) is 2. The highest BCUT2D eigenvalue weighted by Gasteiger charge is 2.11. The van der Waals surface area contributed by atoms with E-state index in [1.54, 1.807) is 18.0 Å². The molecule has 1 aromatic rings. The number of nitrogens with zero attached hydrogens (tertiary/aromatic N) is 2. The highest BCUT2D eigenvalue weighted by atomic mass is 16.5. The Bertz CT molecular complexity index is 351. The molecule has 96 valence electrons. The van der Waals surface area contributed by atoms with Crippen molar-refractivity contribution in [2.45, 2.75) is 19.5 Å². The standard InChI is InChI=1S/C11H20N4O2/c1-9(11(16)12-6-7-17-3)13-8-10-4-5-14-15(10)2/h4-5,9,13H,6-8H2,1-3H3,(H,12,16). The molecule has 0 radical (unpaired) electrons. The van der Waals surface area contributed by atoms with Crippen LogP contribution in [0.2, 0.25) is 0 Å². The Morgan fingerprint density at radius 2 is 2.41 bits per heavy atom. The minimum Gasteiger partial charge on any atom is -0.383 e. The van der Waals surface area contributed by atoms with Gasteiger partial charge in [0.1, 0.15) is 0 Å². The van der Waals surface area contributed by atoms with Crippen LogP contribution in [0.1, 0.15) is 12.6 Å². The predicted molar refractivity (Wildman–Crippen MR) is 64.4 cm³/mol. The second-order valence-corrected chi connectivity index (χ2v) is 3.83. The van der Waals surface area contributed by atoms with Crippen LogP contribution in [0.15, 0.2) is 12.3 Å². The Labute approximate surface area is 101 Å². The quantitative estimate of drug-likeness (QED) is 0.640. The molecule has 1 heterocycles. The molecule has 2 N–H and O–H groups in total. The fourth-order valence-corrected chi connectivity index (χ4v) is 1.35. The van der Waals surface area contributed by atoms with Crippen LogP contribution in [0.3, 0.4) is 0 Å². The number of rotatable bonds is 7. The smallest absolute Gasteiger partial charge is 0.236 e. The van der Waals surface area contributed by atoms with Crippen molar-refractivity contribution >= 4 is 5.91 Å². The van der Waals surface area contributed by atoms with E-state index < -0.39 is 0 Å². The van der Waals surface area contributed by atoms with Crippen molar-refractivity contribution in [3.05, 3.63) is 18.0 Å². The Morgan fingerprint density at radius 3 is 3.00 bits per heavy atom. The maximum Gasteiger partial charge on any atom is 0.236 e. The fraction of sp³-hybridized carbons (Fsp3) is 0.636. The van der Waals surface area contributed by atoms with Gasteiger partial charge in [0.05, 0.1) is 18.3 Å². The first-order valence-corrected chi connectivity index (χ1v) is 5.62. The van der Waals surface area contributed by atoms with Gasteiger partial charge in [-0.2, -0.15) is 5.10 Å². The van der Waals surface area contributed by atoms with E-state index in [9.17, 15) is 4.79 Å². The lowest BCUT2D eigenvalue weighted by Gasteiger charge is -2.13. The first kappa shape index (κ1) is 13.7. The molecule has 1 atom stereocenters. The summed E-state index contributed by atoms with van der Waals surface area (Å²) in [6, 6.07) is 1.68. The summed E-state index contributed by atoms with van der Waals surface area (Å²) in [4.78, 5) is 11.6. The van der Waals surface area contributed by atoms with Crippen LogP contribution in [0.25, 0.3) is 0 Å². The van der Waals surface area contributed by atoms with Gasteiger partial charge in [-0.25, -0.2) is 0 Å². The Kier molecular flexibility index (Phi) is 5.65. The summed E-state index contributed by atoms with van der Waals surface area (Å²) in [5, 5.41) is 9.98. The van der Waals surface area contributed by atoms with Gasteiger partial charge in [-0.15, -0.1) is 0 Å². The molecular weight excluding hydrogens is 220 g/mol. The Hall–Kier alpha value is -1.40. The van der Waals surface area contributed by atoms with Crippen LogP contribution < -0.4 is 10.6 Å². The molecule has 0 aromatic carbocycles. The number of amides is 1. The van der Waals surface area contributed by atoms with Crippen molar-refractivity contribution in [1.82, 2.24) is 20.4 Å². The number of aromatic nitrogens is 2. The maximum absolute atomic E-state index is 11.6. The summed E-state index contributed by atoms with van der Waals surface area (Å²) < 4.78 is 6.64. The van der Waals surface area contributed by atoms with Crippen molar-refractivity contribution in [1.29, 1.82) is 0 Å². The highest BCUT2D eigenvalue weighted by molar-refractivity contribution is 5.81. The highest BCUT2D eigenvalue weighted by Crippen LogP contribution is 1.96. The third-order valence-electron chi connectivity index (χ3n) is 2.51. The molecule has 0 fully saturated rings. The van der Waals surface area contributed by atoms with E-state index in [-0.39, 0.29) is 11.9 Å². The first-order valence-electron chi connectivity index (χ1n) is 5.62. The molecule has 0 aliphatic heterocycles. The summed E-state index contributed by atoms with van der Waals surface area (Å²) in [7, 11) is 3.48. The lowest BCUT2D eigenvalue weighted by atomic mass is 10.3. The number of carbonyl (C=O) groups excluding carboxylic acids is 1. The summed E-state index contributed by atoms with van der Waals surface area (Å²) >= 11 is 0. The van der Waals surface area contributed by atoms with Crippen molar-refractivity contribution in [3.63, 3.8) is 0 Å². The van der Waals surface area contributed by atoms with E-state index >= 15 is 0 Å². The molecule has 1 unspecified atom stereocenters. The maximum atomic E-state index is 11.6. The van der Waals surface area contributed by atoms with Crippen molar-refractivity contribution in [3.8, 4) is 0 Å². The van der Waals surface area contributed by atoms with Gasteiger partial charge >= 0.3 is 0 Å². The average Bonchev–Trinajstić information content (AvgIpc) is 2.72. The molecule has 6 heteroatoms. The monoisotopic (exact) mass is 240 g/mol. The fourth-order valence-electron chi connectivity index (χ4n) is 1.35. The minimum atomic E-state index is -0.234. The van der Waals surface area contributed by atoms with Crippen LogP contribution in [-0.2, 0) is 23.1 Å². The van der Waals surface area contributed by atoms with Crippen molar-refractivity contribution in [2.75, 3.05) is 20.3 Å². The van der Waals surface area contributed by atoms with Crippen molar-refractivity contribution in [2.24, 2.45) is 7.05 Å². The summed E-state index contributed by atoms with van der Waals surface area (Å²) in [5.74, 6) is -0.0239. The molecule has 0 aliphatic rings. The molecule has 0 saturated heterocycles. The molecular formula is C11H20N4O2. The summed E-state index contributed by atoms with van der Waals surface area (Å²) in [5.41, 5.74) is 1.04. The molecule has 17 heavy (non-hydrogen) atoms. The molecule has 1 amide bonds. The van der Waals surface area contributed by atoms with Crippen LogP contribution in [0.4, 0.5) is 0 Å². The molecule has 1 rings (SSSR count). The van der Waals surface area contributed by atoms with Gasteiger partial charge in [-0.05, 0) is 13.0 Å². The number of carbonyl (C=O) groups is 1. The lowest BCUT2D eigenvalue weighted by Crippen LogP contribution is -2.43. The molecule has 6 nitrogen and oxygen atoms in total. The number of hydrogen-bond acceptors (Lipinski definition) is 4. The third-order valence-corrected chi connectivity index (χ3v) is 2.51. The van der Waals surface area contributed by atoms with Gasteiger partial charge in [0, 0.05) is 33.4 Å². The van der Waals surface area contributed by atoms with Gasteiger partial charge in [0.2, 0.25) is 5.91 Å². The SMILES string of the molecule is COCCNC(=O)C(C)NCc1ccnn1C. The van der Waals surface area contributed by atoms with E-state index in [0.717, 1.165) is 5.69 Å².